The Morgan fingerprint density at radius 1 is 0.880 bits per heavy atom. The summed E-state index contributed by atoms with van der Waals surface area (Å²) in [5.74, 6) is 1.06. The van der Waals surface area contributed by atoms with Gasteiger partial charge in [-0.3, -0.25) is 4.79 Å². The third kappa shape index (κ3) is 4.96. The van der Waals surface area contributed by atoms with Gasteiger partial charge in [-0.05, 0) is 48.0 Å². The zero-order valence-electron chi connectivity index (χ0n) is 13.4. The van der Waals surface area contributed by atoms with Crippen molar-refractivity contribution in [3.63, 3.8) is 0 Å². The van der Waals surface area contributed by atoms with Gasteiger partial charge in [0, 0.05) is 11.1 Å². The second-order valence-electron chi connectivity index (χ2n) is 5.29. The van der Waals surface area contributed by atoms with Crippen LogP contribution in [0, 0.1) is 0 Å². The Kier molecular flexibility index (Phi) is 5.50. The van der Waals surface area contributed by atoms with E-state index in [9.17, 15) is 4.79 Å². The van der Waals surface area contributed by atoms with Gasteiger partial charge in [0.2, 0.25) is 5.91 Å². The Bertz CT molecular complexity index is 874. The molecule has 3 rings (SSSR count). The number of para-hydroxylation sites is 3. The second-order valence-corrected chi connectivity index (χ2v) is 5.72. The first kappa shape index (κ1) is 16.8. The van der Waals surface area contributed by atoms with Crippen molar-refractivity contribution in [3.05, 3.63) is 95.5 Å². The lowest BCUT2D eigenvalue weighted by Crippen LogP contribution is -2.08. The smallest absolute Gasteiger partial charge is 0.248 e. The molecular formula is C21H16ClNO2. The maximum absolute atomic E-state index is 12.2. The molecule has 0 saturated carbocycles. The van der Waals surface area contributed by atoms with E-state index in [1.807, 2.05) is 60.7 Å². The number of hydrogen-bond acceptors (Lipinski definition) is 2. The Labute approximate surface area is 151 Å². The topological polar surface area (TPSA) is 38.3 Å². The average molecular weight is 350 g/mol. The van der Waals surface area contributed by atoms with Crippen LogP contribution in [-0.2, 0) is 4.79 Å². The number of ether oxygens (including phenoxy) is 1. The molecule has 0 bridgehead atoms. The number of halogens is 1. The third-order valence-corrected chi connectivity index (χ3v) is 3.67. The zero-order valence-corrected chi connectivity index (χ0v) is 14.1. The first-order chi connectivity index (χ1) is 12.2. The molecule has 0 aliphatic carbocycles. The van der Waals surface area contributed by atoms with Crippen molar-refractivity contribution in [2.24, 2.45) is 0 Å². The predicted octanol–water partition coefficient (Wildman–Crippen LogP) is 5.78. The van der Waals surface area contributed by atoms with E-state index in [4.69, 9.17) is 16.3 Å². The summed E-state index contributed by atoms with van der Waals surface area (Å²) >= 11 is 5.85. The van der Waals surface area contributed by atoms with Crippen molar-refractivity contribution in [2.75, 3.05) is 5.32 Å². The van der Waals surface area contributed by atoms with E-state index >= 15 is 0 Å². The maximum atomic E-state index is 12.2. The SMILES string of the molecule is O=C(/C=C/c1ccc(Cl)cc1)Nc1ccccc1Oc1ccccc1. The van der Waals surface area contributed by atoms with Crippen LogP contribution < -0.4 is 10.1 Å². The molecule has 0 aliphatic rings. The molecule has 3 nitrogen and oxygen atoms in total. The van der Waals surface area contributed by atoms with E-state index in [1.54, 1.807) is 24.3 Å². The molecule has 0 heterocycles. The molecule has 0 radical (unpaired) electrons. The lowest BCUT2D eigenvalue weighted by molar-refractivity contribution is -0.111. The van der Waals surface area contributed by atoms with E-state index in [1.165, 1.54) is 6.08 Å². The van der Waals surface area contributed by atoms with Gasteiger partial charge in [-0.1, -0.05) is 54.1 Å². The van der Waals surface area contributed by atoms with Gasteiger partial charge in [0.1, 0.15) is 5.75 Å². The number of benzene rings is 3. The number of nitrogens with one attached hydrogen (secondary N) is 1. The Hall–Kier alpha value is -3.04. The summed E-state index contributed by atoms with van der Waals surface area (Å²) in [6.07, 6.45) is 3.20. The van der Waals surface area contributed by atoms with E-state index in [0.29, 0.717) is 22.2 Å². The summed E-state index contributed by atoms with van der Waals surface area (Å²) in [4.78, 5) is 12.2. The fourth-order valence-electron chi connectivity index (χ4n) is 2.19. The fraction of sp³-hybridized carbons (Fsp3) is 0. The van der Waals surface area contributed by atoms with Crippen molar-refractivity contribution in [1.29, 1.82) is 0 Å². The largest absolute Gasteiger partial charge is 0.455 e. The number of carbonyl (C=O) groups is 1. The molecule has 1 N–H and O–H groups in total. The number of anilines is 1. The quantitative estimate of drug-likeness (QED) is 0.592. The van der Waals surface area contributed by atoms with Gasteiger partial charge in [-0.15, -0.1) is 0 Å². The highest BCUT2D eigenvalue weighted by molar-refractivity contribution is 6.30. The normalized spacial score (nSPS) is 10.6. The highest BCUT2D eigenvalue weighted by atomic mass is 35.5. The minimum absolute atomic E-state index is 0.237. The van der Waals surface area contributed by atoms with E-state index in [-0.39, 0.29) is 5.91 Å². The van der Waals surface area contributed by atoms with Crippen molar-refractivity contribution in [3.8, 4) is 11.5 Å². The van der Waals surface area contributed by atoms with Crippen molar-refractivity contribution < 1.29 is 9.53 Å². The maximum Gasteiger partial charge on any atom is 0.248 e. The van der Waals surface area contributed by atoms with Crippen molar-refractivity contribution in [2.45, 2.75) is 0 Å². The van der Waals surface area contributed by atoms with Gasteiger partial charge in [-0.25, -0.2) is 0 Å². The van der Waals surface area contributed by atoms with Crippen LogP contribution in [0.1, 0.15) is 5.56 Å². The summed E-state index contributed by atoms with van der Waals surface area (Å²) in [6, 6.07) is 24.0. The van der Waals surface area contributed by atoms with Crippen LogP contribution in [0.2, 0.25) is 5.02 Å². The Morgan fingerprint density at radius 3 is 2.32 bits per heavy atom. The van der Waals surface area contributed by atoms with Crippen molar-refractivity contribution in [1.82, 2.24) is 0 Å². The van der Waals surface area contributed by atoms with Crippen LogP contribution in [0.4, 0.5) is 5.69 Å². The minimum Gasteiger partial charge on any atom is -0.455 e. The highest BCUT2D eigenvalue weighted by Crippen LogP contribution is 2.29. The van der Waals surface area contributed by atoms with E-state index < -0.39 is 0 Å². The van der Waals surface area contributed by atoms with E-state index in [0.717, 1.165) is 5.56 Å². The third-order valence-electron chi connectivity index (χ3n) is 3.41. The molecular weight excluding hydrogens is 334 g/mol. The van der Waals surface area contributed by atoms with Crippen LogP contribution in [-0.4, -0.2) is 5.91 Å². The van der Waals surface area contributed by atoms with Crippen LogP contribution in [0.25, 0.3) is 6.08 Å². The van der Waals surface area contributed by atoms with Gasteiger partial charge >= 0.3 is 0 Å². The molecule has 0 saturated heterocycles. The van der Waals surface area contributed by atoms with E-state index in [2.05, 4.69) is 5.32 Å². The van der Waals surface area contributed by atoms with Crippen molar-refractivity contribution >= 4 is 29.3 Å². The second kappa shape index (κ2) is 8.18. The number of carbonyl (C=O) groups excluding carboxylic acids is 1. The number of rotatable bonds is 5. The minimum atomic E-state index is -0.237. The molecule has 0 fully saturated rings. The lowest BCUT2D eigenvalue weighted by Gasteiger charge is -2.11. The molecule has 0 spiro atoms. The monoisotopic (exact) mass is 349 g/mol. The van der Waals surface area contributed by atoms with Gasteiger partial charge < -0.3 is 10.1 Å². The lowest BCUT2D eigenvalue weighted by atomic mass is 10.2. The molecule has 0 atom stereocenters. The first-order valence-electron chi connectivity index (χ1n) is 7.77. The molecule has 4 heteroatoms. The van der Waals surface area contributed by atoms with Crippen LogP contribution >= 0.6 is 11.6 Å². The average Bonchev–Trinajstić information content (AvgIpc) is 2.64. The van der Waals surface area contributed by atoms with Gasteiger partial charge in [-0.2, -0.15) is 0 Å². The molecule has 3 aromatic rings. The van der Waals surface area contributed by atoms with Crippen LogP contribution in [0.15, 0.2) is 84.9 Å². The van der Waals surface area contributed by atoms with Gasteiger partial charge in [0.05, 0.1) is 5.69 Å². The summed E-state index contributed by atoms with van der Waals surface area (Å²) in [7, 11) is 0. The Balaban J connectivity index is 1.70. The molecule has 0 aliphatic heterocycles. The zero-order chi connectivity index (χ0) is 17.5. The molecule has 1 amide bonds. The highest BCUT2D eigenvalue weighted by Gasteiger charge is 2.06. The number of hydrogen-bond donors (Lipinski definition) is 1. The molecule has 0 unspecified atom stereocenters. The van der Waals surface area contributed by atoms with Gasteiger partial charge in [0.25, 0.3) is 0 Å². The number of amides is 1. The molecule has 124 valence electrons. The van der Waals surface area contributed by atoms with Crippen LogP contribution in [0.3, 0.4) is 0 Å². The summed E-state index contributed by atoms with van der Waals surface area (Å²) in [5.41, 5.74) is 1.51. The summed E-state index contributed by atoms with van der Waals surface area (Å²) in [6.45, 7) is 0. The summed E-state index contributed by atoms with van der Waals surface area (Å²) in [5, 5.41) is 3.50. The fourth-order valence-corrected chi connectivity index (χ4v) is 2.32. The van der Waals surface area contributed by atoms with Gasteiger partial charge in [0.15, 0.2) is 5.75 Å². The first-order valence-corrected chi connectivity index (χ1v) is 8.15. The summed E-state index contributed by atoms with van der Waals surface area (Å²) < 4.78 is 5.83. The Morgan fingerprint density at radius 2 is 1.56 bits per heavy atom. The standard InChI is InChI=1S/C21H16ClNO2/c22-17-13-10-16(11-14-17)12-15-21(24)23-19-8-4-5-9-20(19)25-18-6-2-1-3-7-18/h1-15H,(H,23,24)/b15-12+. The predicted molar refractivity (Wildman–Crippen MR) is 102 cm³/mol. The molecule has 3 aromatic carbocycles. The molecule has 25 heavy (non-hydrogen) atoms. The van der Waals surface area contributed by atoms with Crippen LogP contribution in [0.5, 0.6) is 11.5 Å². The molecule has 0 aromatic heterocycles.